The van der Waals surface area contributed by atoms with Crippen molar-refractivity contribution in [3.8, 4) is 17.2 Å². The number of alkyl halides is 3. The Hall–Kier alpha value is -3.99. The fraction of sp³-hybridized carbons (Fsp3) is 0.174. The Morgan fingerprint density at radius 1 is 1.14 bits per heavy atom. The molecule has 2 aromatic carbocycles. The van der Waals surface area contributed by atoms with E-state index in [4.69, 9.17) is 30.9 Å². The van der Waals surface area contributed by atoms with Crippen LogP contribution in [0.5, 0.6) is 17.2 Å². The molecule has 0 fully saturated rings. The molecule has 3 aromatic rings. The molecule has 0 bridgehead atoms. The summed E-state index contributed by atoms with van der Waals surface area (Å²) in [5.41, 5.74) is -0.242. The van der Waals surface area contributed by atoms with Gasteiger partial charge in [0.25, 0.3) is 5.91 Å². The van der Waals surface area contributed by atoms with Crippen molar-refractivity contribution >= 4 is 29.4 Å². The number of carboxylic acid groups (broad SMARTS) is 1. The number of hydrogen-bond acceptors (Lipinski definition) is 6. The first-order valence-corrected chi connectivity index (χ1v) is 10.5. The monoisotopic (exact) mass is 508 g/mol. The maximum absolute atomic E-state index is 12.6. The average Bonchev–Trinajstić information content (AvgIpc) is 2.80. The fourth-order valence-corrected chi connectivity index (χ4v) is 3.53. The van der Waals surface area contributed by atoms with Crippen molar-refractivity contribution in [2.45, 2.75) is 18.7 Å². The first kappa shape index (κ1) is 24.1. The number of hydrogen-bond donors (Lipinski definition) is 2. The summed E-state index contributed by atoms with van der Waals surface area (Å²) in [7, 11) is 0. The summed E-state index contributed by atoms with van der Waals surface area (Å²) in [6, 6.07) is 10.8. The highest BCUT2D eigenvalue weighted by atomic mass is 35.5. The van der Waals surface area contributed by atoms with Crippen LogP contribution in [0.4, 0.5) is 23.7 Å². The van der Waals surface area contributed by atoms with Crippen LogP contribution in [0.25, 0.3) is 0 Å². The normalized spacial score (nSPS) is 14.9. The number of ether oxygens (including phenoxy) is 3. The molecule has 1 aliphatic rings. The predicted molar refractivity (Wildman–Crippen MR) is 117 cm³/mol. The zero-order valence-electron chi connectivity index (χ0n) is 17.6. The minimum Gasteiger partial charge on any atom is -0.493 e. The number of nitrogens with one attached hydrogen (secondary N) is 1. The molecule has 0 radical (unpaired) electrons. The number of aromatic nitrogens is 1. The van der Waals surface area contributed by atoms with Gasteiger partial charge in [-0.05, 0) is 42.5 Å². The second kappa shape index (κ2) is 9.71. The summed E-state index contributed by atoms with van der Waals surface area (Å²) in [6.45, 7) is 0.254. The second-order valence-corrected chi connectivity index (χ2v) is 7.75. The van der Waals surface area contributed by atoms with Crippen LogP contribution in [0.1, 0.15) is 34.1 Å². The van der Waals surface area contributed by atoms with Crippen LogP contribution in [0.15, 0.2) is 54.7 Å². The Kier molecular flexibility index (Phi) is 6.70. The maximum atomic E-state index is 12.6. The van der Waals surface area contributed by atoms with Crippen LogP contribution in [-0.4, -0.2) is 28.8 Å². The number of benzene rings is 2. The molecule has 0 aliphatic carbocycles. The number of halogens is 4. The van der Waals surface area contributed by atoms with Gasteiger partial charge in [-0.25, -0.2) is 9.78 Å². The van der Waals surface area contributed by atoms with Crippen molar-refractivity contribution in [1.29, 1.82) is 0 Å². The van der Waals surface area contributed by atoms with Crippen molar-refractivity contribution in [3.63, 3.8) is 0 Å². The van der Waals surface area contributed by atoms with Crippen molar-refractivity contribution in [2.75, 3.05) is 11.9 Å². The first-order chi connectivity index (χ1) is 16.6. The molecule has 35 heavy (non-hydrogen) atoms. The molecule has 2 heterocycles. The molecule has 4 rings (SSSR count). The Morgan fingerprint density at radius 3 is 2.51 bits per heavy atom. The van der Waals surface area contributed by atoms with E-state index >= 15 is 0 Å². The lowest BCUT2D eigenvalue weighted by atomic mass is 10.0. The van der Waals surface area contributed by atoms with Gasteiger partial charge < -0.3 is 24.6 Å². The maximum Gasteiger partial charge on any atom is 0.506 e. The van der Waals surface area contributed by atoms with Gasteiger partial charge in [0.05, 0.1) is 23.5 Å². The number of fused-ring (bicyclic) bond motifs is 1. The molecule has 0 spiro atoms. The number of nitrogens with zero attached hydrogens (tertiary/aromatic N) is 1. The highest BCUT2D eigenvalue weighted by Gasteiger charge is 2.32. The van der Waals surface area contributed by atoms with Crippen molar-refractivity contribution < 1.29 is 42.1 Å². The summed E-state index contributed by atoms with van der Waals surface area (Å²) in [6.07, 6.45) is -5.41. The van der Waals surface area contributed by atoms with Gasteiger partial charge in [-0.3, -0.25) is 4.79 Å². The number of anilines is 1. The molecular formula is C23H16ClF3N2O6. The Morgan fingerprint density at radius 2 is 1.89 bits per heavy atom. The van der Waals surface area contributed by atoms with Crippen LogP contribution in [0, 0.1) is 0 Å². The van der Waals surface area contributed by atoms with E-state index in [1.54, 1.807) is 0 Å². The highest BCUT2D eigenvalue weighted by molar-refractivity contribution is 6.32. The molecule has 0 saturated heterocycles. The molecule has 2 N–H and O–H groups in total. The minimum absolute atomic E-state index is 0.106. The van der Waals surface area contributed by atoms with Crippen molar-refractivity contribution in [3.05, 3.63) is 76.6 Å². The van der Waals surface area contributed by atoms with Crippen LogP contribution < -0.4 is 14.8 Å². The third-order valence-electron chi connectivity index (χ3n) is 4.95. The van der Waals surface area contributed by atoms with E-state index in [1.165, 1.54) is 36.4 Å². The standard InChI is InChI=1S/C23H16ClF3N2O6/c24-16-9-15-17(35-22(31)32)7-8-33-18(15)10-19(16)34-14-4-1-12(2-5-14)21(30)29-13-3-6-20(28-11-13)23(25,26)27/h1-6,9-11,17H,7-8H2,(H,29,30)(H,31,32). The molecular weight excluding hydrogens is 493 g/mol. The zero-order valence-corrected chi connectivity index (χ0v) is 18.4. The van der Waals surface area contributed by atoms with E-state index in [1.807, 2.05) is 0 Å². The van der Waals surface area contributed by atoms with Gasteiger partial charge in [0.15, 0.2) is 0 Å². The second-order valence-electron chi connectivity index (χ2n) is 7.34. The molecule has 0 saturated carbocycles. The molecule has 182 valence electrons. The van der Waals surface area contributed by atoms with Gasteiger partial charge in [0.1, 0.15) is 29.0 Å². The van der Waals surface area contributed by atoms with Gasteiger partial charge >= 0.3 is 12.3 Å². The van der Waals surface area contributed by atoms with Gasteiger partial charge in [-0.15, -0.1) is 0 Å². The van der Waals surface area contributed by atoms with Crippen molar-refractivity contribution in [1.82, 2.24) is 4.98 Å². The lowest BCUT2D eigenvalue weighted by Crippen LogP contribution is -2.18. The summed E-state index contributed by atoms with van der Waals surface area (Å²) in [5.74, 6) is 0.411. The van der Waals surface area contributed by atoms with E-state index in [2.05, 4.69) is 10.3 Å². The lowest BCUT2D eigenvalue weighted by Gasteiger charge is -2.25. The third-order valence-corrected chi connectivity index (χ3v) is 5.24. The van der Waals surface area contributed by atoms with Crippen LogP contribution in [0.3, 0.4) is 0 Å². The zero-order chi connectivity index (χ0) is 25.2. The van der Waals surface area contributed by atoms with Crippen molar-refractivity contribution in [2.24, 2.45) is 0 Å². The number of pyridine rings is 1. The Bertz CT molecular complexity index is 1250. The molecule has 1 aromatic heterocycles. The number of amides is 1. The van der Waals surface area contributed by atoms with E-state index in [0.29, 0.717) is 23.5 Å². The third kappa shape index (κ3) is 5.75. The SMILES string of the molecule is O=C(O)OC1CCOc2cc(Oc3ccc(C(=O)Nc4ccc(C(F)(F)F)nc4)cc3)c(Cl)cc21. The summed E-state index contributed by atoms with van der Waals surface area (Å²) in [4.78, 5) is 26.6. The first-order valence-electron chi connectivity index (χ1n) is 10.1. The van der Waals surface area contributed by atoms with E-state index in [9.17, 15) is 22.8 Å². The van der Waals surface area contributed by atoms with Crippen LogP contribution >= 0.6 is 11.6 Å². The molecule has 12 heteroatoms. The summed E-state index contributed by atoms with van der Waals surface area (Å²) in [5, 5.41) is 11.6. The van der Waals surface area contributed by atoms with Crippen LogP contribution in [0.2, 0.25) is 5.02 Å². The lowest BCUT2D eigenvalue weighted by molar-refractivity contribution is -0.141. The smallest absolute Gasteiger partial charge is 0.493 e. The fourth-order valence-electron chi connectivity index (χ4n) is 3.32. The summed E-state index contributed by atoms with van der Waals surface area (Å²) >= 11 is 6.30. The predicted octanol–water partition coefficient (Wildman–Crippen LogP) is 6.32. The largest absolute Gasteiger partial charge is 0.506 e. The quantitative estimate of drug-likeness (QED) is 0.388. The molecule has 8 nitrogen and oxygen atoms in total. The van der Waals surface area contributed by atoms with Gasteiger partial charge in [0, 0.05) is 23.6 Å². The number of rotatable bonds is 5. The highest BCUT2D eigenvalue weighted by Crippen LogP contribution is 2.42. The minimum atomic E-state index is -4.57. The number of carbonyl (C=O) groups is 2. The van der Waals surface area contributed by atoms with Gasteiger partial charge in [0.2, 0.25) is 0 Å². The van der Waals surface area contributed by atoms with E-state index in [0.717, 1.165) is 18.3 Å². The Balaban J connectivity index is 1.44. The molecule has 1 aliphatic heterocycles. The average molecular weight is 509 g/mol. The van der Waals surface area contributed by atoms with E-state index < -0.39 is 30.0 Å². The van der Waals surface area contributed by atoms with Gasteiger partial charge in [-0.2, -0.15) is 13.2 Å². The summed E-state index contributed by atoms with van der Waals surface area (Å²) < 4.78 is 54.0. The Labute approximate surface area is 201 Å². The molecule has 1 atom stereocenters. The van der Waals surface area contributed by atoms with E-state index in [-0.39, 0.29) is 28.6 Å². The number of carbonyl (C=O) groups excluding carboxylic acids is 1. The molecule has 1 unspecified atom stereocenters. The molecule has 1 amide bonds. The van der Waals surface area contributed by atoms with Gasteiger partial charge in [-0.1, -0.05) is 11.6 Å². The topological polar surface area (TPSA) is 107 Å². The van der Waals surface area contributed by atoms with Crippen LogP contribution in [-0.2, 0) is 10.9 Å².